The Morgan fingerprint density at radius 1 is 1.17 bits per heavy atom. The van der Waals surface area contributed by atoms with Gasteiger partial charge < -0.3 is 14.8 Å². The lowest BCUT2D eigenvalue weighted by Crippen LogP contribution is -2.22. The van der Waals surface area contributed by atoms with E-state index in [1.807, 2.05) is 12.1 Å². The lowest BCUT2D eigenvalue weighted by atomic mass is 10.1. The van der Waals surface area contributed by atoms with Crippen molar-refractivity contribution in [3.8, 4) is 5.75 Å². The number of methoxy groups -OCH3 is 1. The van der Waals surface area contributed by atoms with Gasteiger partial charge in [-0.1, -0.05) is 25.5 Å². The molecule has 0 saturated carbocycles. The monoisotopic (exact) mass is 251 g/mol. The van der Waals surface area contributed by atoms with E-state index in [1.165, 1.54) is 12.0 Å². The van der Waals surface area contributed by atoms with Crippen LogP contribution in [0, 0.1) is 0 Å². The van der Waals surface area contributed by atoms with Crippen molar-refractivity contribution in [1.29, 1.82) is 0 Å². The minimum absolute atomic E-state index is 0.338. The van der Waals surface area contributed by atoms with Gasteiger partial charge in [0, 0.05) is 19.7 Å². The minimum Gasteiger partial charge on any atom is -0.494 e. The molecule has 3 heteroatoms. The van der Waals surface area contributed by atoms with Crippen LogP contribution in [-0.4, -0.2) is 26.9 Å². The Balaban J connectivity index is 2.38. The van der Waals surface area contributed by atoms with Gasteiger partial charge in [-0.2, -0.15) is 0 Å². The standard InChI is InChI=1S/C15H25NO2/c1-4-5-11-18-15-8-6-14(7-9-15)13(2)16-10-12-17-3/h6-9,13,16H,4-5,10-12H2,1-3H3. The van der Waals surface area contributed by atoms with E-state index < -0.39 is 0 Å². The zero-order valence-electron chi connectivity index (χ0n) is 11.7. The van der Waals surface area contributed by atoms with Crippen molar-refractivity contribution in [3.05, 3.63) is 29.8 Å². The predicted molar refractivity (Wildman–Crippen MR) is 75.1 cm³/mol. The summed E-state index contributed by atoms with van der Waals surface area (Å²) in [5.74, 6) is 0.955. The number of hydrogen-bond donors (Lipinski definition) is 1. The quantitative estimate of drug-likeness (QED) is 0.684. The van der Waals surface area contributed by atoms with Crippen LogP contribution in [-0.2, 0) is 4.74 Å². The summed E-state index contributed by atoms with van der Waals surface area (Å²) in [7, 11) is 1.72. The second-order valence-electron chi connectivity index (χ2n) is 4.44. The predicted octanol–water partition coefficient (Wildman–Crippen LogP) is 3.16. The normalized spacial score (nSPS) is 12.4. The maximum Gasteiger partial charge on any atom is 0.119 e. The Hall–Kier alpha value is -1.06. The molecule has 1 rings (SSSR count). The van der Waals surface area contributed by atoms with E-state index in [4.69, 9.17) is 9.47 Å². The summed E-state index contributed by atoms with van der Waals surface area (Å²) in [6.07, 6.45) is 2.27. The highest BCUT2D eigenvalue weighted by Crippen LogP contribution is 2.17. The zero-order chi connectivity index (χ0) is 13.2. The van der Waals surface area contributed by atoms with Gasteiger partial charge in [-0.05, 0) is 31.0 Å². The largest absolute Gasteiger partial charge is 0.494 e. The molecule has 1 atom stereocenters. The van der Waals surface area contributed by atoms with Crippen LogP contribution in [0.25, 0.3) is 0 Å². The second-order valence-corrected chi connectivity index (χ2v) is 4.44. The van der Waals surface area contributed by atoms with Crippen molar-refractivity contribution >= 4 is 0 Å². The number of rotatable bonds is 9. The average molecular weight is 251 g/mol. The molecule has 0 aliphatic heterocycles. The number of hydrogen-bond acceptors (Lipinski definition) is 3. The Labute approximate surface area is 110 Å². The van der Waals surface area contributed by atoms with Crippen LogP contribution < -0.4 is 10.1 Å². The van der Waals surface area contributed by atoms with E-state index in [2.05, 4.69) is 31.3 Å². The number of nitrogens with one attached hydrogen (secondary N) is 1. The maximum absolute atomic E-state index is 5.64. The summed E-state index contributed by atoms with van der Waals surface area (Å²) in [5, 5.41) is 3.41. The summed E-state index contributed by atoms with van der Waals surface area (Å²) in [6.45, 7) is 6.73. The van der Waals surface area contributed by atoms with Gasteiger partial charge in [0.2, 0.25) is 0 Å². The van der Waals surface area contributed by atoms with Crippen LogP contribution >= 0.6 is 0 Å². The highest BCUT2D eigenvalue weighted by Gasteiger charge is 2.04. The first-order chi connectivity index (χ1) is 8.77. The molecule has 0 bridgehead atoms. The van der Waals surface area contributed by atoms with Gasteiger partial charge in [0.25, 0.3) is 0 Å². The molecule has 0 aliphatic carbocycles. The number of benzene rings is 1. The van der Waals surface area contributed by atoms with Crippen molar-refractivity contribution in [1.82, 2.24) is 5.32 Å². The number of ether oxygens (including phenoxy) is 2. The molecule has 1 unspecified atom stereocenters. The van der Waals surface area contributed by atoms with Crippen LogP contribution in [0.5, 0.6) is 5.75 Å². The molecule has 1 aromatic rings. The zero-order valence-corrected chi connectivity index (χ0v) is 11.7. The first-order valence-corrected chi connectivity index (χ1v) is 6.73. The first kappa shape index (κ1) is 15.0. The SMILES string of the molecule is CCCCOc1ccc(C(C)NCCOC)cc1. The van der Waals surface area contributed by atoms with Crippen molar-refractivity contribution in [2.45, 2.75) is 32.7 Å². The molecule has 0 heterocycles. The molecule has 0 fully saturated rings. The van der Waals surface area contributed by atoms with E-state index in [0.717, 1.165) is 31.9 Å². The van der Waals surface area contributed by atoms with Gasteiger partial charge in [-0.15, -0.1) is 0 Å². The Bertz CT molecular complexity index is 311. The first-order valence-electron chi connectivity index (χ1n) is 6.73. The highest BCUT2D eigenvalue weighted by atomic mass is 16.5. The fourth-order valence-electron chi connectivity index (χ4n) is 1.68. The van der Waals surface area contributed by atoms with Crippen molar-refractivity contribution in [2.24, 2.45) is 0 Å². The molecule has 0 radical (unpaired) electrons. The molecule has 1 N–H and O–H groups in total. The molecule has 0 aromatic heterocycles. The molecule has 0 saturated heterocycles. The smallest absolute Gasteiger partial charge is 0.119 e. The lowest BCUT2D eigenvalue weighted by molar-refractivity contribution is 0.196. The topological polar surface area (TPSA) is 30.5 Å². The van der Waals surface area contributed by atoms with Gasteiger partial charge >= 0.3 is 0 Å². The summed E-state index contributed by atoms with van der Waals surface area (Å²) in [4.78, 5) is 0. The van der Waals surface area contributed by atoms with Gasteiger partial charge in [0.05, 0.1) is 13.2 Å². The van der Waals surface area contributed by atoms with Crippen LogP contribution in [0.3, 0.4) is 0 Å². The number of unbranched alkanes of at least 4 members (excludes halogenated alkanes) is 1. The van der Waals surface area contributed by atoms with Crippen LogP contribution in [0.2, 0.25) is 0 Å². The minimum atomic E-state index is 0.338. The molecule has 0 spiro atoms. The molecule has 18 heavy (non-hydrogen) atoms. The highest BCUT2D eigenvalue weighted by molar-refractivity contribution is 5.28. The van der Waals surface area contributed by atoms with Gasteiger partial charge in [0.15, 0.2) is 0 Å². The molecule has 1 aromatic carbocycles. The summed E-state index contributed by atoms with van der Waals surface area (Å²) in [6, 6.07) is 8.65. The maximum atomic E-state index is 5.64. The van der Waals surface area contributed by atoms with E-state index >= 15 is 0 Å². The fourth-order valence-corrected chi connectivity index (χ4v) is 1.68. The fraction of sp³-hybridized carbons (Fsp3) is 0.600. The third-order valence-corrected chi connectivity index (χ3v) is 2.90. The van der Waals surface area contributed by atoms with Crippen molar-refractivity contribution in [3.63, 3.8) is 0 Å². The second kappa shape index (κ2) is 8.95. The lowest BCUT2D eigenvalue weighted by Gasteiger charge is -2.14. The van der Waals surface area contributed by atoms with Gasteiger partial charge in [-0.25, -0.2) is 0 Å². The van der Waals surface area contributed by atoms with Gasteiger partial charge in [0.1, 0.15) is 5.75 Å². The van der Waals surface area contributed by atoms with Gasteiger partial charge in [-0.3, -0.25) is 0 Å². The molecule has 3 nitrogen and oxygen atoms in total. The van der Waals surface area contributed by atoms with E-state index in [9.17, 15) is 0 Å². The van der Waals surface area contributed by atoms with E-state index in [-0.39, 0.29) is 0 Å². The van der Waals surface area contributed by atoms with Crippen molar-refractivity contribution < 1.29 is 9.47 Å². The average Bonchev–Trinajstić information content (AvgIpc) is 2.40. The van der Waals surface area contributed by atoms with E-state index in [0.29, 0.717) is 6.04 Å². The van der Waals surface area contributed by atoms with Crippen LogP contribution in [0.1, 0.15) is 38.3 Å². The van der Waals surface area contributed by atoms with Crippen LogP contribution in [0.4, 0.5) is 0 Å². The summed E-state index contributed by atoms with van der Waals surface area (Å²) in [5.41, 5.74) is 1.27. The molecular weight excluding hydrogens is 226 g/mol. The molecule has 0 aliphatic rings. The van der Waals surface area contributed by atoms with Crippen LogP contribution in [0.15, 0.2) is 24.3 Å². The molecular formula is C15H25NO2. The van der Waals surface area contributed by atoms with Crippen molar-refractivity contribution in [2.75, 3.05) is 26.9 Å². The molecule has 102 valence electrons. The summed E-state index contributed by atoms with van der Waals surface area (Å²) < 4.78 is 10.7. The Morgan fingerprint density at radius 2 is 1.89 bits per heavy atom. The third kappa shape index (κ3) is 5.52. The molecule has 0 amide bonds. The third-order valence-electron chi connectivity index (χ3n) is 2.90. The summed E-state index contributed by atoms with van der Waals surface area (Å²) >= 11 is 0. The Kier molecular flexibility index (Phi) is 7.46. The van der Waals surface area contributed by atoms with E-state index in [1.54, 1.807) is 7.11 Å². The Morgan fingerprint density at radius 3 is 2.50 bits per heavy atom.